The molecule has 76 valence electrons. The van der Waals surface area contributed by atoms with E-state index in [1.807, 2.05) is 41.9 Å². The van der Waals surface area contributed by atoms with Gasteiger partial charge in [0.1, 0.15) is 4.99 Å². The Morgan fingerprint density at radius 3 is 2.53 bits per heavy atom. The van der Waals surface area contributed by atoms with E-state index in [9.17, 15) is 0 Å². The first-order valence-electron chi connectivity index (χ1n) is 4.60. The van der Waals surface area contributed by atoms with Gasteiger partial charge in [-0.1, -0.05) is 30.4 Å². The Bertz CT molecular complexity index is 488. The van der Waals surface area contributed by atoms with Gasteiger partial charge in [-0.2, -0.15) is 5.10 Å². The van der Waals surface area contributed by atoms with Crippen LogP contribution in [0.5, 0.6) is 0 Å². The number of nitrogens with zero attached hydrogens (tertiary/aromatic N) is 2. The monoisotopic (exact) mass is 217 g/mol. The molecule has 0 aliphatic carbocycles. The van der Waals surface area contributed by atoms with Crippen LogP contribution in [0.2, 0.25) is 0 Å². The fourth-order valence-corrected chi connectivity index (χ4v) is 1.68. The van der Waals surface area contributed by atoms with Crippen molar-refractivity contribution in [3.05, 3.63) is 47.8 Å². The minimum atomic E-state index is 0.384. The second kappa shape index (κ2) is 3.82. The molecule has 0 unspecified atom stereocenters. The van der Waals surface area contributed by atoms with Gasteiger partial charge in [0.05, 0.1) is 23.1 Å². The Labute approximate surface area is 93.5 Å². The Balaban J connectivity index is 2.52. The molecule has 4 heteroatoms. The molecule has 0 spiro atoms. The van der Waals surface area contributed by atoms with Crippen LogP contribution in [0.1, 0.15) is 11.3 Å². The first kappa shape index (κ1) is 9.86. The average Bonchev–Trinajstić information content (AvgIpc) is 2.61. The van der Waals surface area contributed by atoms with Crippen molar-refractivity contribution in [2.45, 2.75) is 6.92 Å². The minimum Gasteiger partial charge on any atom is -0.389 e. The van der Waals surface area contributed by atoms with Crippen molar-refractivity contribution in [3.63, 3.8) is 0 Å². The highest BCUT2D eigenvalue weighted by Crippen LogP contribution is 2.13. The van der Waals surface area contributed by atoms with Crippen LogP contribution in [0.25, 0.3) is 5.69 Å². The van der Waals surface area contributed by atoms with Gasteiger partial charge < -0.3 is 5.73 Å². The van der Waals surface area contributed by atoms with E-state index >= 15 is 0 Å². The fraction of sp³-hybridized carbons (Fsp3) is 0.0909. The van der Waals surface area contributed by atoms with Gasteiger partial charge in [-0.15, -0.1) is 0 Å². The molecule has 0 saturated heterocycles. The molecule has 0 saturated carbocycles. The number of hydrogen-bond donors (Lipinski definition) is 1. The smallest absolute Gasteiger partial charge is 0.107 e. The highest BCUT2D eigenvalue weighted by molar-refractivity contribution is 7.80. The van der Waals surface area contributed by atoms with E-state index in [1.165, 1.54) is 0 Å². The summed E-state index contributed by atoms with van der Waals surface area (Å²) in [5.41, 5.74) is 8.39. The SMILES string of the molecule is Cc1c(C(N)=S)cnn1-c1ccccc1. The summed E-state index contributed by atoms with van der Waals surface area (Å²) in [5.74, 6) is 0. The quantitative estimate of drug-likeness (QED) is 0.780. The summed E-state index contributed by atoms with van der Waals surface area (Å²) >= 11 is 4.94. The van der Waals surface area contributed by atoms with Crippen molar-refractivity contribution >= 4 is 17.2 Å². The van der Waals surface area contributed by atoms with Gasteiger partial charge in [-0.25, -0.2) is 4.68 Å². The van der Waals surface area contributed by atoms with Gasteiger partial charge in [0.25, 0.3) is 0 Å². The summed E-state index contributed by atoms with van der Waals surface area (Å²) < 4.78 is 1.83. The van der Waals surface area contributed by atoms with Gasteiger partial charge in [-0.3, -0.25) is 0 Å². The molecule has 1 aromatic heterocycles. The maximum absolute atomic E-state index is 5.58. The zero-order valence-electron chi connectivity index (χ0n) is 8.34. The zero-order valence-corrected chi connectivity index (χ0v) is 9.16. The lowest BCUT2D eigenvalue weighted by atomic mass is 10.2. The van der Waals surface area contributed by atoms with E-state index in [4.69, 9.17) is 18.0 Å². The largest absolute Gasteiger partial charge is 0.389 e. The Morgan fingerprint density at radius 2 is 2.00 bits per heavy atom. The van der Waals surface area contributed by atoms with Crippen molar-refractivity contribution in [1.29, 1.82) is 0 Å². The molecular weight excluding hydrogens is 206 g/mol. The van der Waals surface area contributed by atoms with Crippen LogP contribution in [-0.4, -0.2) is 14.8 Å². The summed E-state index contributed by atoms with van der Waals surface area (Å²) in [4.78, 5) is 0.384. The van der Waals surface area contributed by atoms with Crippen LogP contribution in [0, 0.1) is 6.92 Å². The summed E-state index contributed by atoms with van der Waals surface area (Å²) in [6.07, 6.45) is 1.70. The van der Waals surface area contributed by atoms with Crippen LogP contribution >= 0.6 is 12.2 Å². The van der Waals surface area contributed by atoms with E-state index < -0.39 is 0 Å². The number of hydrogen-bond acceptors (Lipinski definition) is 2. The van der Waals surface area contributed by atoms with Crippen LogP contribution < -0.4 is 5.73 Å². The third-order valence-electron chi connectivity index (χ3n) is 2.28. The molecule has 0 bridgehead atoms. The van der Waals surface area contributed by atoms with Crippen molar-refractivity contribution in [1.82, 2.24) is 9.78 Å². The van der Waals surface area contributed by atoms with E-state index in [1.54, 1.807) is 6.20 Å². The molecule has 2 N–H and O–H groups in total. The highest BCUT2D eigenvalue weighted by atomic mass is 32.1. The van der Waals surface area contributed by atoms with Crippen molar-refractivity contribution in [3.8, 4) is 5.69 Å². The first-order chi connectivity index (χ1) is 7.20. The third kappa shape index (κ3) is 1.76. The van der Waals surface area contributed by atoms with Crippen LogP contribution in [0.15, 0.2) is 36.5 Å². The van der Waals surface area contributed by atoms with Gasteiger partial charge in [-0.05, 0) is 19.1 Å². The number of para-hydroxylation sites is 1. The number of benzene rings is 1. The number of nitrogens with two attached hydrogens (primary N) is 1. The Kier molecular flexibility index (Phi) is 2.51. The molecule has 0 amide bonds. The predicted molar refractivity (Wildman–Crippen MR) is 64.2 cm³/mol. The van der Waals surface area contributed by atoms with E-state index in [0.29, 0.717) is 4.99 Å². The maximum atomic E-state index is 5.58. The molecule has 1 heterocycles. The lowest BCUT2D eigenvalue weighted by molar-refractivity contribution is 0.847. The number of thiocarbonyl (C=S) groups is 1. The van der Waals surface area contributed by atoms with Crippen LogP contribution in [0.4, 0.5) is 0 Å². The van der Waals surface area contributed by atoms with Crippen LogP contribution in [-0.2, 0) is 0 Å². The number of aromatic nitrogens is 2. The normalized spacial score (nSPS) is 10.2. The van der Waals surface area contributed by atoms with Crippen LogP contribution in [0.3, 0.4) is 0 Å². The predicted octanol–water partition coefficient (Wildman–Crippen LogP) is 1.81. The zero-order chi connectivity index (χ0) is 10.8. The third-order valence-corrected chi connectivity index (χ3v) is 2.50. The molecule has 0 aliphatic heterocycles. The summed E-state index contributed by atoms with van der Waals surface area (Å²) in [6.45, 7) is 1.95. The molecule has 0 fully saturated rings. The lowest BCUT2D eigenvalue weighted by Crippen LogP contribution is -2.10. The molecule has 0 aliphatic rings. The summed E-state index contributed by atoms with van der Waals surface area (Å²) in [6, 6.07) is 9.89. The lowest BCUT2D eigenvalue weighted by Gasteiger charge is -2.04. The first-order valence-corrected chi connectivity index (χ1v) is 5.01. The molecule has 0 atom stereocenters. The Morgan fingerprint density at radius 1 is 1.33 bits per heavy atom. The van der Waals surface area contributed by atoms with Gasteiger partial charge in [0.2, 0.25) is 0 Å². The fourth-order valence-electron chi connectivity index (χ4n) is 1.48. The van der Waals surface area contributed by atoms with Crippen molar-refractivity contribution in [2.75, 3.05) is 0 Å². The van der Waals surface area contributed by atoms with Gasteiger partial charge in [0.15, 0.2) is 0 Å². The summed E-state index contributed by atoms with van der Waals surface area (Å²) in [5, 5.41) is 4.26. The standard InChI is InChI=1S/C11H11N3S/c1-8-10(11(12)15)7-13-14(8)9-5-3-2-4-6-9/h2-7H,1H3,(H2,12,15). The van der Waals surface area contributed by atoms with Crippen molar-refractivity contribution in [2.24, 2.45) is 5.73 Å². The second-order valence-electron chi connectivity index (χ2n) is 3.26. The van der Waals surface area contributed by atoms with Gasteiger partial charge in [0, 0.05) is 0 Å². The van der Waals surface area contributed by atoms with E-state index in [-0.39, 0.29) is 0 Å². The minimum absolute atomic E-state index is 0.384. The summed E-state index contributed by atoms with van der Waals surface area (Å²) in [7, 11) is 0. The molecule has 2 aromatic rings. The van der Waals surface area contributed by atoms with E-state index in [2.05, 4.69) is 5.10 Å². The molecule has 0 radical (unpaired) electrons. The maximum Gasteiger partial charge on any atom is 0.107 e. The molecule has 3 nitrogen and oxygen atoms in total. The second-order valence-corrected chi connectivity index (χ2v) is 3.70. The average molecular weight is 217 g/mol. The molecule has 15 heavy (non-hydrogen) atoms. The van der Waals surface area contributed by atoms with E-state index in [0.717, 1.165) is 16.9 Å². The topological polar surface area (TPSA) is 43.8 Å². The molecule has 2 rings (SSSR count). The van der Waals surface area contributed by atoms with Gasteiger partial charge >= 0.3 is 0 Å². The molecule has 1 aromatic carbocycles. The highest BCUT2D eigenvalue weighted by Gasteiger charge is 2.08. The number of rotatable bonds is 2. The molecular formula is C11H11N3S. The Hall–Kier alpha value is -1.68. The van der Waals surface area contributed by atoms with Crippen molar-refractivity contribution < 1.29 is 0 Å².